The first-order valence-corrected chi connectivity index (χ1v) is 6.20. The van der Waals surface area contributed by atoms with Crippen LogP contribution in [0.3, 0.4) is 0 Å². The lowest BCUT2D eigenvalue weighted by Crippen LogP contribution is -2.15. The molecule has 0 aliphatic carbocycles. The molecule has 0 saturated carbocycles. The van der Waals surface area contributed by atoms with Crippen molar-refractivity contribution < 1.29 is 13.9 Å². The van der Waals surface area contributed by atoms with Crippen LogP contribution in [0.15, 0.2) is 41.3 Å². The molecule has 5 nitrogen and oxygen atoms in total. The summed E-state index contributed by atoms with van der Waals surface area (Å²) in [5.41, 5.74) is 1.27. The van der Waals surface area contributed by atoms with Crippen LogP contribution in [0.25, 0.3) is 0 Å². The maximum atomic E-state index is 11.8. The summed E-state index contributed by atoms with van der Waals surface area (Å²) in [5.74, 6) is -0.200. The van der Waals surface area contributed by atoms with Gasteiger partial charge in [0.1, 0.15) is 12.4 Å². The van der Waals surface area contributed by atoms with Crippen LogP contribution in [0.4, 0.5) is 0 Å². The van der Waals surface area contributed by atoms with Crippen molar-refractivity contribution in [3.05, 3.63) is 53.7 Å². The highest BCUT2D eigenvalue weighted by Crippen LogP contribution is 2.11. The van der Waals surface area contributed by atoms with Gasteiger partial charge in [0.25, 0.3) is 0 Å². The van der Waals surface area contributed by atoms with Crippen LogP contribution < -0.4 is 0 Å². The number of hydrogen-bond donors (Lipinski definition) is 0. The molecule has 0 aliphatic rings. The number of carbonyl (C=O) groups excluding carboxylic acids is 1. The minimum absolute atomic E-state index is 0.0317. The quantitative estimate of drug-likeness (QED) is 0.780. The van der Waals surface area contributed by atoms with Crippen molar-refractivity contribution in [1.29, 1.82) is 5.26 Å². The largest absolute Gasteiger partial charge is 0.469 e. The fourth-order valence-electron chi connectivity index (χ4n) is 1.74. The molecule has 20 heavy (non-hydrogen) atoms. The standard InChI is InChI=1S/C15H14N2O3/c1-11-5-13(9-17-8-11)15(18)20-10-12(7-16)6-14-3-2-4-19-14/h2-5,8-9,12H,6,10H2,1H3/t12-/m0/s1. The zero-order valence-corrected chi connectivity index (χ0v) is 11.1. The zero-order chi connectivity index (χ0) is 14.4. The molecule has 0 spiro atoms. The minimum atomic E-state index is -0.471. The molecule has 0 N–H and O–H groups in total. The lowest BCUT2D eigenvalue weighted by molar-refractivity contribution is 0.0465. The Bertz CT molecular complexity index is 614. The first-order chi connectivity index (χ1) is 9.69. The van der Waals surface area contributed by atoms with Crippen molar-refractivity contribution in [3.8, 4) is 6.07 Å². The summed E-state index contributed by atoms with van der Waals surface area (Å²) < 4.78 is 10.3. The molecule has 0 radical (unpaired) electrons. The number of aryl methyl sites for hydroxylation is 1. The Morgan fingerprint density at radius 2 is 2.40 bits per heavy atom. The summed E-state index contributed by atoms with van der Waals surface area (Å²) >= 11 is 0. The fraction of sp³-hybridized carbons (Fsp3) is 0.267. The molecule has 2 aromatic heterocycles. The smallest absolute Gasteiger partial charge is 0.339 e. The highest BCUT2D eigenvalue weighted by Gasteiger charge is 2.15. The van der Waals surface area contributed by atoms with E-state index in [4.69, 9.17) is 14.4 Å². The van der Waals surface area contributed by atoms with Crippen LogP contribution >= 0.6 is 0 Å². The molecule has 1 atom stereocenters. The minimum Gasteiger partial charge on any atom is -0.469 e. The molecule has 0 bridgehead atoms. The van der Waals surface area contributed by atoms with E-state index in [1.165, 1.54) is 6.20 Å². The summed E-state index contributed by atoms with van der Waals surface area (Å²) in [7, 11) is 0. The van der Waals surface area contributed by atoms with E-state index in [1.54, 1.807) is 30.7 Å². The molecule has 2 heterocycles. The van der Waals surface area contributed by atoms with Crippen LogP contribution in [0.2, 0.25) is 0 Å². The summed E-state index contributed by atoms with van der Waals surface area (Å²) in [5, 5.41) is 9.06. The molecule has 2 aromatic rings. The maximum Gasteiger partial charge on any atom is 0.339 e. The SMILES string of the molecule is Cc1cncc(C(=O)OC[C@H](C#N)Cc2ccco2)c1. The number of pyridine rings is 1. The van der Waals surface area contributed by atoms with Crippen molar-refractivity contribution in [2.24, 2.45) is 5.92 Å². The Morgan fingerprint density at radius 1 is 1.55 bits per heavy atom. The van der Waals surface area contributed by atoms with Gasteiger partial charge in [-0.1, -0.05) is 0 Å². The number of furan rings is 1. The van der Waals surface area contributed by atoms with E-state index < -0.39 is 11.9 Å². The predicted molar refractivity (Wildman–Crippen MR) is 70.8 cm³/mol. The van der Waals surface area contributed by atoms with Gasteiger partial charge in [-0.15, -0.1) is 0 Å². The normalized spacial score (nSPS) is 11.6. The first-order valence-electron chi connectivity index (χ1n) is 6.20. The van der Waals surface area contributed by atoms with Crippen LogP contribution in [0, 0.1) is 24.2 Å². The maximum absolute atomic E-state index is 11.8. The highest BCUT2D eigenvalue weighted by molar-refractivity contribution is 5.89. The monoisotopic (exact) mass is 270 g/mol. The van der Waals surface area contributed by atoms with E-state index in [0.717, 1.165) is 5.56 Å². The van der Waals surface area contributed by atoms with Crippen LogP contribution in [0.5, 0.6) is 0 Å². The molecular weight excluding hydrogens is 256 g/mol. The third kappa shape index (κ3) is 3.69. The van der Waals surface area contributed by atoms with Gasteiger partial charge >= 0.3 is 5.97 Å². The van der Waals surface area contributed by atoms with Crippen molar-refractivity contribution in [2.45, 2.75) is 13.3 Å². The van der Waals surface area contributed by atoms with E-state index in [9.17, 15) is 4.79 Å². The summed E-state index contributed by atoms with van der Waals surface area (Å²) in [4.78, 5) is 15.8. The summed E-state index contributed by atoms with van der Waals surface area (Å²) in [6.45, 7) is 1.88. The summed E-state index contributed by atoms with van der Waals surface area (Å²) in [6.07, 6.45) is 5.08. The molecule has 0 aromatic carbocycles. The topological polar surface area (TPSA) is 76.1 Å². The van der Waals surface area contributed by atoms with Gasteiger partial charge in [0.15, 0.2) is 0 Å². The van der Waals surface area contributed by atoms with Crippen molar-refractivity contribution in [1.82, 2.24) is 4.98 Å². The molecule has 102 valence electrons. The first kappa shape index (κ1) is 13.8. The lowest BCUT2D eigenvalue weighted by Gasteiger charge is -2.09. The van der Waals surface area contributed by atoms with Gasteiger partial charge < -0.3 is 9.15 Å². The van der Waals surface area contributed by atoms with E-state index in [-0.39, 0.29) is 6.61 Å². The van der Waals surface area contributed by atoms with Gasteiger partial charge in [0, 0.05) is 18.8 Å². The number of carbonyl (C=O) groups is 1. The molecule has 0 amide bonds. The predicted octanol–water partition coefficient (Wildman–Crippen LogP) is 2.52. The molecule has 0 aliphatic heterocycles. The highest BCUT2D eigenvalue weighted by atomic mass is 16.5. The van der Waals surface area contributed by atoms with Crippen LogP contribution in [-0.2, 0) is 11.2 Å². The lowest BCUT2D eigenvalue weighted by atomic mass is 10.1. The number of ether oxygens (including phenoxy) is 1. The Labute approximate surface area is 116 Å². The molecule has 0 unspecified atom stereocenters. The third-order valence-electron chi connectivity index (χ3n) is 2.74. The number of rotatable bonds is 5. The van der Waals surface area contributed by atoms with Gasteiger partial charge in [-0.3, -0.25) is 4.98 Å². The van der Waals surface area contributed by atoms with Gasteiger partial charge in [-0.2, -0.15) is 5.26 Å². The second-order valence-electron chi connectivity index (χ2n) is 4.46. The summed E-state index contributed by atoms with van der Waals surface area (Å²) in [6, 6.07) is 7.35. The van der Waals surface area contributed by atoms with E-state index in [1.807, 2.05) is 6.92 Å². The Morgan fingerprint density at radius 3 is 3.05 bits per heavy atom. The molecule has 5 heteroatoms. The van der Waals surface area contributed by atoms with Gasteiger partial charge in [-0.05, 0) is 30.7 Å². The van der Waals surface area contributed by atoms with Crippen molar-refractivity contribution in [2.75, 3.05) is 6.61 Å². The number of nitriles is 1. The second kappa shape index (κ2) is 6.53. The fourth-order valence-corrected chi connectivity index (χ4v) is 1.74. The van der Waals surface area contributed by atoms with Gasteiger partial charge in [0.2, 0.25) is 0 Å². The van der Waals surface area contributed by atoms with Crippen molar-refractivity contribution in [3.63, 3.8) is 0 Å². The Balaban J connectivity index is 1.90. The average molecular weight is 270 g/mol. The Kier molecular flexibility index (Phi) is 4.51. The average Bonchev–Trinajstić information content (AvgIpc) is 2.96. The van der Waals surface area contributed by atoms with Gasteiger partial charge in [0.05, 0.1) is 23.8 Å². The Hall–Kier alpha value is -2.61. The van der Waals surface area contributed by atoms with Crippen LogP contribution in [0.1, 0.15) is 21.7 Å². The second-order valence-corrected chi connectivity index (χ2v) is 4.46. The van der Waals surface area contributed by atoms with E-state index in [2.05, 4.69) is 11.1 Å². The number of hydrogen-bond acceptors (Lipinski definition) is 5. The van der Waals surface area contributed by atoms with Crippen molar-refractivity contribution >= 4 is 5.97 Å². The van der Waals surface area contributed by atoms with Crippen LogP contribution in [-0.4, -0.2) is 17.6 Å². The zero-order valence-electron chi connectivity index (χ0n) is 11.1. The third-order valence-corrected chi connectivity index (χ3v) is 2.74. The number of aromatic nitrogens is 1. The van der Waals surface area contributed by atoms with Gasteiger partial charge in [-0.25, -0.2) is 4.79 Å². The number of nitrogens with zero attached hydrogens (tertiary/aromatic N) is 2. The number of esters is 1. The molecular formula is C15H14N2O3. The molecule has 0 saturated heterocycles. The van der Waals surface area contributed by atoms with E-state index in [0.29, 0.717) is 17.7 Å². The molecule has 2 rings (SSSR count). The molecule has 0 fully saturated rings. The van der Waals surface area contributed by atoms with E-state index >= 15 is 0 Å².